The van der Waals surface area contributed by atoms with E-state index >= 15 is 0 Å². The second-order valence-corrected chi connectivity index (χ2v) is 8.67. The van der Waals surface area contributed by atoms with Crippen LogP contribution in [0, 0.1) is 0 Å². The van der Waals surface area contributed by atoms with Crippen LogP contribution in [0.5, 0.6) is 0 Å². The average Bonchev–Trinajstić information content (AvgIpc) is 3.06. The molecule has 0 bridgehead atoms. The molecule has 4 rings (SSSR count). The van der Waals surface area contributed by atoms with Crippen molar-refractivity contribution in [2.24, 2.45) is 0 Å². The molecule has 5 nitrogen and oxygen atoms in total. The van der Waals surface area contributed by atoms with Gasteiger partial charge in [0.15, 0.2) is 0 Å². The number of benzene rings is 1. The molecule has 1 aromatic carbocycles. The number of urea groups is 1. The van der Waals surface area contributed by atoms with Gasteiger partial charge in [-0.15, -0.1) is 0 Å². The highest BCUT2D eigenvalue weighted by molar-refractivity contribution is 9.10. The van der Waals surface area contributed by atoms with Crippen molar-refractivity contribution in [2.75, 3.05) is 26.2 Å². The van der Waals surface area contributed by atoms with E-state index in [9.17, 15) is 4.79 Å². The minimum Gasteiger partial charge on any atom is -0.361 e. The lowest BCUT2D eigenvalue weighted by atomic mass is 9.74. The number of hydrogen-bond donors (Lipinski definition) is 2. The van der Waals surface area contributed by atoms with Gasteiger partial charge in [-0.2, -0.15) is 0 Å². The van der Waals surface area contributed by atoms with Crippen LogP contribution in [-0.4, -0.2) is 59.1 Å². The second kappa shape index (κ2) is 7.47. The number of fused-ring (bicyclic) bond motifs is 2. The van der Waals surface area contributed by atoms with E-state index in [0.29, 0.717) is 12.0 Å². The van der Waals surface area contributed by atoms with E-state index in [0.717, 1.165) is 43.5 Å². The summed E-state index contributed by atoms with van der Waals surface area (Å²) in [5, 5.41) is 4.70. The smallest absolute Gasteiger partial charge is 0.317 e. The van der Waals surface area contributed by atoms with E-state index < -0.39 is 0 Å². The molecule has 2 heterocycles. The number of piperidine rings is 1. The van der Waals surface area contributed by atoms with Crippen LogP contribution in [0.15, 0.2) is 22.8 Å². The van der Waals surface area contributed by atoms with Gasteiger partial charge in [0.2, 0.25) is 0 Å². The summed E-state index contributed by atoms with van der Waals surface area (Å²) < 4.78 is 1.12. The molecule has 6 heteroatoms. The number of aromatic nitrogens is 1. The lowest BCUT2D eigenvalue weighted by Gasteiger charge is -2.47. The minimum atomic E-state index is 0.0667. The van der Waals surface area contributed by atoms with Crippen molar-refractivity contribution in [2.45, 2.75) is 51.6 Å². The molecular weight excluding hydrogens is 404 g/mol. The molecule has 146 valence electrons. The number of aromatic amines is 1. The number of rotatable bonds is 4. The number of hydrogen-bond acceptors (Lipinski definition) is 2. The van der Waals surface area contributed by atoms with Gasteiger partial charge >= 0.3 is 6.03 Å². The molecule has 2 N–H and O–H groups in total. The zero-order chi connectivity index (χ0) is 19.1. The van der Waals surface area contributed by atoms with Crippen LogP contribution < -0.4 is 5.32 Å². The maximum absolute atomic E-state index is 12.6. The Hall–Kier alpha value is -1.53. The second-order valence-electron chi connectivity index (χ2n) is 7.75. The fourth-order valence-corrected chi connectivity index (χ4v) is 5.55. The predicted octanol–water partition coefficient (Wildman–Crippen LogP) is 4.08. The fraction of sp³-hybridized carbons (Fsp3) is 0.571. The van der Waals surface area contributed by atoms with Crippen LogP contribution >= 0.6 is 15.9 Å². The molecule has 0 spiro atoms. The van der Waals surface area contributed by atoms with Gasteiger partial charge in [-0.3, -0.25) is 4.90 Å². The Labute approximate surface area is 169 Å². The van der Waals surface area contributed by atoms with Gasteiger partial charge in [0.1, 0.15) is 0 Å². The SMILES string of the molecule is CCN(CC)C(=O)N[C@H]1C[C@@H]2c3cc(Br)cc4[nH]cc(c34)C[C@H]2N(CC)C1. The number of amides is 2. The first kappa shape index (κ1) is 18.8. The molecular formula is C21H29BrN4O. The molecule has 0 unspecified atom stereocenters. The van der Waals surface area contributed by atoms with Crippen LogP contribution in [0.4, 0.5) is 4.79 Å². The van der Waals surface area contributed by atoms with Crippen LogP contribution in [-0.2, 0) is 6.42 Å². The number of H-pyrrole nitrogens is 1. The molecule has 0 saturated carbocycles. The minimum absolute atomic E-state index is 0.0667. The van der Waals surface area contributed by atoms with Crippen LogP contribution in [0.25, 0.3) is 10.9 Å². The maximum atomic E-state index is 12.6. The average molecular weight is 433 g/mol. The number of carbonyl (C=O) groups excluding carboxylic acids is 1. The van der Waals surface area contributed by atoms with Crippen molar-refractivity contribution in [1.82, 2.24) is 20.1 Å². The van der Waals surface area contributed by atoms with Gasteiger partial charge in [0.05, 0.1) is 0 Å². The van der Waals surface area contributed by atoms with Gasteiger partial charge in [-0.1, -0.05) is 22.9 Å². The topological polar surface area (TPSA) is 51.4 Å². The van der Waals surface area contributed by atoms with Gasteiger partial charge in [-0.05, 0) is 56.5 Å². The lowest BCUT2D eigenvalue weighted by molar-refractivity contribution is 0.103. The fourth-order valence-electron chi connectivity index (χ4n) is 5.08. The first-order valence-corrected chi connectivity index (χ1v) is 10.9. The molecule has 27 heavy (non-hydrogen) atoms. The number of halogens is 1. The van der Waals surface area contributed by atoms with E-state index in [1.165, 1.54) is 22.0 Å². The normalized spacial score (nSPS) is 24.7. The van der Waals surface area contributed by atoms with Crippen molar-refractivity contribution in [1.29, 1.82) is 0 Å². The third-order valence-corrected chi connectivity index (χ3v) is 6.85. The largest absolute Gasteiger partial charge is 0.361 e. The van der Waals surface area contributed by atoms with E-state index in [-0.39, 0.29) is 12.1 Å². The number of nitrogens with zero attached hydrogens (tertiary/aromatic N) is 2. The van der Waals surface area contributed by atoms with Gasteiger partial charge in [0, 0.05) is 59.2 Å². The first-order valence-electron chi connectivity index (χ1n) is 10.1. The van der Waals surface area contributed by atoms with Crippen molar-refractivity contribution >= 4 is 32.9 Å². The predicted molar refractivity (Wildman–Crippen MR) is 113 cm³/mol. The molecule has 0 radical (unpaired) electrons. The van der Waals surface area contributed by atoms with E-state index in [2.05, 4.69) is 56.4 Å². The van der Waals surface area contributed by atoms with Gasteiger partial charge in [0.25, 0.3) is 0 Å². The summed E-state index contributed by atoms with van der Waals surface area (Å²) in [7, 11) is 0. The molecule has 2 aliphatic rings. The molecule has 1 fully saturated rings. The highest BCUT2D eigenvalue weighted by Gasteiger charge is 2.41. The van der Waals surface area contributed by atoms with Crippen molar-refractivity contribution in [3.05, 3.63) is 33.9 Å². The van der Waals surface area contributed by atoms with Crippen molar-refractivity contribution in [3.8, 4) is 0 Å². The zero-order valence-electron chi connectivity index (χ0n) is 16.4. The highest BCUT2D eigenvalue weighted by atomic mass is 79.9. The number of likely N-dealkylation sites (tertiary alicyclic amines) is 1. The molecule has 2 aromatic rings. The monoisotopic (exact) mass is 432 g/mol. The van der Waals surface area contributed by atoms with Crippen LogP contribution in [0.2, 0.25) is 0 Å². The number of likely N-dealkylation sites (N-methyl/N-ethyl adjacent to an activating group) is 1. The summed E-state index contributed by atoms with van der Waals surface area (Å²) in [4.78, 5) is 20.5. The maximum Gasteiger partial charge on any atom is 0.317 e. The van der Waals surface area contributed by atoms with E-state index in [1.807, 2.05) is 18.7 Å². The Morgan fingerprint density at radius 2 is 2.11 bits per heavy atom. The molecule has 1 saturated heterocycles. The summed E-state index contributed by atoms with van der Waals surface area (Å²) in [5.74, 6) is 0.448. The third kappa shape index (κ3) is 3.27. The Balaban J connectivity index is 1.65. The Kier molecular flexibility index (Phi) is 5.21. The number of nitrogens with one attached hydrogen (secondary N) is 2. The molecule has 1 aliphatic carbocycles. The summed E-state index contributed by atoms with van der Waals surface area (Å²) >= 11 is 3.69. The summed E-state index contributed by atoms with van der Waals surface area (Å²) in [5.41, 5.74) is 4.06. The lowest BCUT2D eigenvalue weighted by Crippen LogP contribution is -2.57. The van der Waals surface area contributed by atoms with Crippen LogP contribution in [0.1, 0.15) is 44.2 Å². The quantitative estimate of drug-likeness (QED) is 0.764. The summed E-state index contributed by atoms with van der Waals surface area (Å²) in [6.45, 7) is 9.73. The molecule has 3 atom stereocenters. The van der Waals surface area contributed by atoms with Crippen molar-refractivity contribution < 1.29 is 4.79 Å². The standard InChI is InChI=1S/C21H29BrN4O/c1-4-25(5-2)21(27)24-15-10-16-17-8-14(22)9-18-20(17)13(11-23-18)7-19(16)26(6-3)12-15/h8-9,11,15-16,19,23H,4-7,10,12H2,1-3H3,(H,24,27)/t15-,16+,19+/m0/s1. The molecule has 2 amide bonds. The Morgan fingerprint density at radius 1 is 1.33 bits per heavy atom. The Morgan fingerprint density at radius 3 is 2.81 bits per heavy atom. The summed E-state index contributed by atoms with van der Waals surface area (Å²) in [6, 6.07) is 5.23. The van der Waals surface area contributed by atoms with E-state index in [4.69, 9.17) is 0 Å². The van der Waals surface area contributed by atoms with Crippen molar-refractivity contribution in [3.63, 3.8) is 0 Å². The molecule has 1 aliphatic heterocycles. The van der Waals surface area contributed by atoms with Crippen LogP contribution in [0.3, 0.4) is 0 Å². The zero-order valence-corrected chi connectivity index (χ0v) is 18.0. The van der Waals surface area contributed by atoms with E-state index in [1.54, 1.807) is 0 Å². The number of carbonyl (C=O) groups is 1. The van der Waals surface area contributed by atoms with Gasteiger partial charge < -0.3 is 15.2 Å². The Bertz CT molecular complexity index is 844. The highest BCUT2D eigenvalue weighted by Crippen LogP contribution is 2.44. The van der Waals surface area contributed by atoms with Gasteiger partial charge in [-0.25, -0.2) is 4.79 Å². The molecule has 1 aromatic heterocycles. The third-order valence-electron chi connectivity index (χ3n) is 6.40. The first-order chi connectivity index (χ1) is 13.0. The summed E-state index contributed by atoms with van der Waals surface area (Å²) in [6.07, 6.45) is 4.27.